The van der Waals surface area contributed by atoms with Gasteiger partial charge in [-0.05, 0) is 18.9 Å². The number of nitrogens with one attached hydrogen (secondary N) is 1. The predicted molar refractivity (Wildman–Crippen MR) is 75.4 cm³/mol. The summed E-state index contributed by atoms with van der Waals surface area (Å²) in [5, 5.41) is 2.87. The summed E-state index contributed by atoms with van der Waals surface area (Å²) in [6.07, 6.45) is 0.879. The van der Waals surface area contributed by atoms with E-state index in [0.717, 1.165) is 12.0 Å². The van der Waals surface area contributed by atoms with E-state index in [1.54, 1.807) is 4.90 Å². The van der Waals surface area contributed by atoms with Crippen LogP contribution in [-0.2, 0) is 16.1 Å². The van der Waals surface area contributed by atoms with Gasteiger partial charge in [0.25, 0.3) is 0 Å². The summed E-state index contributed by atoms with van der Waals surface area (Å²) < 4.78 is 0. The van der Waals surface area contributed by atoms with E-state index in [1.807, 2.05) is 44.2 Å². The fourth-order valence-corrected chi connectivity index (χ4v) is 1.68. The van der Waals surface area contributed by atoms with Crippen molar-refractivity contribution in [2.45, 2.75) is 39.8 Å². The number of hydrogen-bond acceptors (Lipinski definition) is 2. The Balaban J connectivity index is 2.59. The van der Waals surface area contributed by atoms with E-state index in [2.05, 4.69) is 5.32 Å². The average Bonchev–Trinajstić information content (AvgIpc) is 2.38. The molecule has 1 atom stereocenters. The fourth-order valence-electron chi connectivity index (χ4n) is 1.68. The molecule has 0 aliphatic carbocycles. The smallest absolute Gasteiger partial charge is 0.239 e. The maximum absolute atomic E-state index is 11.8. The first-order valence-corrected chi connectivity index (χ1v) is 6.61. The van der Waals surface area contributed by atoms with E-state index in [0.29, 0.717) is 6.54 Å². The Morgan fingerprint density at radius 3 is 2.42 bits per heavy atom. The van der Waals surface area contributed by atoms with Gasteiger partial charge < -0.3 is 10.2 Å². The summed E-state index contributed by atoms with van der Waals surface area (Å²) in [6.45, 7) is 6.02. The Hall–Kier alpha value is -1.84. The van der Waals surface area contributed by atoms with Gasteiger partial charge in [-0.3, -0.25) is 9.59 Å². The van der Waals surface area contributed by atoms with Crippen molar-refractivity contribution in [1.82, 2.24) is 10.2 Å². The van der Waals surface area contributed by atoms with Crippen LogP contribution in [0.15, 0.2) is 30.3 Å². The summed E-state index contributed by atoms with van der Waals surface area (Å²) >= 11 is 0. The van der Waals surface area contributed by atoms with Crippen LogP contribution >= 0.6 is 0 Å². The SMILES string of the molecule is CCC(C)NC(=O)CN(Cc1ccccc1)C(C)=O. The molecule has 19 heavy (non-hydrogen) atoms. The maximum Gasteiger partial charge on any atom is 0.239 e. The lowest BCUT2D eigenvalue weighted by Crippen LogP contribution is -2.42. The van der Waals surface area contributed by atoms with Gasteiger partial charge >= 0.3 is 0 Å². The van der Waals surface area contributed by atoms with Crippen molar-refractivity contribution in [2.24, 2.45) is 0 Å². The number of nitrogens with zero attached hydrogens (tertiary/aromatic N) is 1. The Morgan fingerprint density at radius 1 is 1.26 bits per heavy atom. The van der Waals surface area contributed by atoms with E-state index < -0.39 is 0 Å². The largest absolute Gasteiger partial charge is 0.352 e. The van der Waals surface area contributed by atoms with Crippen molar-refractivity contribution < 1.29 is 9.59 Å². The lowest BCUT2D eigenvalue weighted by molar-refractivity contribution is -0.135. The standard InChI is InChI=1S/C15H22N2O2/c1-4-12(2)16-15(19)11-17(13(3)18)10-14-8-6-5-7-9-14/h5-9,12H,4,10-11H2,1-3H3,(H,16,19). The molecule has 1 aromatic rings. The molecule has 4 nitrogen and oxygen atoms in total. The lowest BCUT2D eigenvalue weighted by atomic mass is 10.2. The van der Waals surface area contributed by atoms with Crippen molar-refractivity contribution >= 4 is 11.8 Å². The third kappa shape index (κ3) is 5.55. The van der Waals surface area contributed by atoms with Gasteiger partial charge in [0.05, 0.1) is 6.54 Å². The van der Waals surface area contributed by atoms with Crippen molar-refractivity contribution in [3.05, 3.63) is 35.9 Å². The van der Waals surface area contributed by atoms with Crippen molar-refractivity contribution in [3.8, 4) is 0 Å². The average molecular weight is 262 g/mol. The van der Waals surface area contributed by atoms with E-state index >= 15 is 0 Å². The molecule has 0 saturated carbocycles. The number of hydrogen-bond donors (Lipinski definition) is 1. The highest BCUT2D eigenvalue weighted by molar-refractivity contribution is 5.83. The van der Waals surface area contributed by atoms with Crippen molar-refractivity contribution in [3.63, 3.8) is 0 Å². The number of amides is 2. The monoisotopic (exact) mass is 262 g/mol. The van der Waals surface area contributed by atoms with Crippen LogP contribution in [0.4, 0.5) is 0 Å². The Bertz CT molecular complexity index is 417. The second-order valence-corrected chi connectivity index (χ2v) is 4.74. The van der Waals surface area contributed by atoms with Gasteiger partial charge in [-0.15, -0.1) is 0 Å². The van der Waals surface area contributed by atoms with Gasteiger partial charge in [-0.2, -0.15) is 0 Å². The zero-order valence-corrected chi connectivity index (χ0v) is 11.8. The van der Waals surface area contributed by atoms with Crippen LogP contribution in [-0.4, -0.2) is 29.3 Å². The van der Waals surface area contributed by atoms with E-state index in [9.17, 15) is 9.59 Å². The van der Waals surface area contributed by atoms with Crippen LogP contribution in [0.25, 0.3) is 0 Å². The van der Waals surface area contributed by atoms with Crippen LogP contribution in [0.5, 0.6) is 0 Å². The molecule has 1 rings (SSSR count). The molecule has 0 aromatic heterocycles. The molecule has 4 heteroatoms. The Kier molecular flexibility index (Phi) is 6.06. The van der Waals surface area contributed by atoms with Gasteiger partial charge in [0, 0.05) is 19.5 Å². The Labute approximate surface area is 114 Å². The fraction of sp³-hybridized carbons (Fsp3) is 0.467. The molecule has 104 valence electrons. The zero-order valence-electron chi connectivity index (χ0n) is 11.8. The van der Waals surface area contributed by atoms with Crippen molar-refractivity contribution in [2.75, 3.05) is 6.54 Å². The van der Waals surface area contributed by atoms with E-state index in [4.69, 9.17) is 0 Å². The van der Waals surface area contributed by atoms with Gasteiger partial charge in [0.1, 0.15) is 0 Å². The number of rotatable bonds is 6. The predicted octanol–water partition coefficient (Wildman–Crippen LogP) is 1.95. The van der Waals surface area contributed by atoms with Crippen LogP contribution in [0.2, 0.25) is 0 Å². The highest BCUT2D eigenvalue weighted by Gasteiger charge is 2.14. The molecule has 1 aromatic carbocycles. The van der Waals surface area contributed by atoms with Crippen molar-refractivity contribution in [1.29, 1.82) is 0 Å². The molecule has 1 N–H and O–H groups in total. The highest BCUT2D eigenvalue weighted by atomic mass is 16.2. The molecule has 0 radical (unpaired) electrons. The Morgan fingerprint density at radius 2 is 1.89 bits per heavy atom. The highest BCUT2D eigenvalue weighted by Crippen LogP contribution is 2.04. The summed E-state index contributed by atoms with van der Waals surface area (Å²) in [7, 11) is 0. The summed E-state index contributed by atoms with van der Waals surface area (Å²) in [4.78, 5) is 24.9. The minimum absolute atomic E-state index is 0.0943. The van der Waals surface area contributed by atoms with Gasteiger partial charge in [0.2, 0.25) is 11.8 Å². The molecule has 0 heterocycles. The number of carbonyl (C=O) groups excluding carboxylic acids is 2. The van der Waals surface area contributed by atoms with Gasteiger partial charge in [0.15, 0.2) is 0 Å². The second-order valence-electron chi connectivity index (χ2n) is 4.74. The lowest BCUT2D eigenvalue weighted by Gasteiger charge is -2.22. The van der Waals surface area contributed by atoms with Crippen LogP contribution in [0, 0.1) is 0 Å². The third-order valence-corrected chi connectivity index (χ3v) is 3.02. The van der Waals surface area contributed by atoms with Gasteiger partial charge in [-0.25, -0.2) is 0 Å². The first kappa shape index (κ1) is 15.2. The number of carbonyl (C=O) groups is 2. The molecule has 0 fully saturated rings. The molecule has 0 aliphatic rings. The molecule has 1 unspecified atom stereocenters. The third-order valence-electron chi connectivity index (χ3n) is 3.02. The topological polar surface area (TPSA) is 49.4 Å². The molecule has 0 saturated heterocycles. The molecule has 0 spiro atoms. The van der Waals surface area contributed by atoms with Gasteiger partial charge in [-0.1, -0.05) is 37.3 Å². The summed E-state index contributed by atoms with van der Waals surface area (Å²) in [5.74, 6) is -0.205. The van der Waals surface area contributed by atoms with Crippen LogP contribution in [0.3, 0.4) is 0 Å². The quantitative estimate of drug-likeness (QED) is 0.852. The zero-order chi connectivity index (χ0) is 14.3. The number of benzene rings is 1. The summed E-state index contributed by atoms with van der Waals surface area (Å²) in [6, 6.07) is 9.81. The molecule has 0 aliphatic heterocycles. The molecular weight excluding hydrogens is 240 g/mol. The molecule has 0 bridgehead atoms. The minimum atomic E-state index is -0.111. The van der Waals surface area contributed by atoms with E-state index in [-0.39, 0.29) is 24.4 Å². The summed E-state index contributed by atoms with van der Waals surface area (Å²) in [5.41, 5.74) is 1.02. The second kappa shape index (κ2) is 7.56. The maximum atomic E-state index is 11.8. The first-order chi connectivity index (χ1) is 9.02. The van der Waals surface area contributed by atoms with Crippen LogP contribution < -0.4 is 5.32 Å². The molecular formula is C15H22N2O2. The van der Waals surface area contributed by atoms with E-state index in [1.165, 1.54) is 6.92 Å². The normalized spacial score (nSPS) is 11.7. The molecule has 2 amide bonds. The van der Waals surface area contributed by atoms with Crippen LogP contribution in [0.1, 0.15) is 32.8 Å². The minimum Gasteiger partial charge on any atom is -0.352 e. The first-order valence-electron chi connectivity index (χ1n) is 6.61.